The van der Waals surface area contributed by atoms with Crippen LogP contribution in [-0.4, -0.2) is 26.2 Å². The molecule has 0 aromatic heterocycles. The number of rotatable bonds is 5. The van der Waals surface area contributed by atoms with Crippen LogP contribution in [0.25, 0.3) is 0 Å². The van der Waals surface area contributed by atoms with Crippen molar-refractivity contribution in [2.75, 3.05) is 25.6 Å². The fraction of sp³-hybridized carbons (Fsp3) is 0.500. The molecule has 1 fully saturated rings. The maximum atomic E-state index is 13.4. The van der Waals surface area contributed by atoms with Gasteiger partial charge in [0.2, 0.25) is 0 Å². The molecule has 1 saturated carbocycles. The van der Waals surface area contributed by atoms with Gasteiger partial charge in [-0.2, -0.15) is 0 Å². The largest absolute Gasteiger partial charge is 0.384 e. The highest BCUT2D eigenvalue weighted by Crippen LogP contribution is 2.41. The zero-order valence-corrected chi connectivity index (χ0v) is 14.2. The number of nitrogens with two attached hydrogens (primary N) is 1. The van der Waals surface area contributed by atoms with Crippen molar-refractivity contribution in [2.45, 2.75) is 19.3 Å². The Morgan fingerprint density at radius 1 is 1.43 bits per heavy atom. The molecule has 0 radical (unpaired) electrons. The van der Waals surface area contributed by atoms with Gasteiger partial charge >= 0.3 is 0 Å². The molecule has 2 rings (SSSR count). The van der Waals surface area contributed by atoms with Gasteiger partial charge in [0, 0.05) is 18.6 Å². The maximum Gasteiger partial charge on any atom is 0.193 e. The average Bonchev–Trinajstić information content (AvgIpc) is 2.37. The lowest BCUT2D eigenvalue weighted by atomic mass is 9.69. The number of hydrogen-bond acceptors (Lipinski definition) is 2. The molecule has 1 aromatic rings. The quantitative estimate of drug-likeness (QED) is 0.445. The third kappa shape index (κ3) is 4.77. The Balaban J connectivity index is 0.00000220. The van der Waals surface area contributed by atoms with Gasteiger partial charge in [-0.25, -0.2) is 8.78 Å². The van der Waals surface area contributed by atoms with Gasteiger partial charge in [0.25, 0.3) is 0 Å². The van der Waals surface area contributed by atoms with E-state index in [0.29, 0.717) is 13.2 Å². The summed E-state index contributed by atoms with van der Waals surface area (Å²) in [5, 5.41) is 2.59. The van der Waals surface area contributed by atoms with Crippen LogP contribution in [0.5, 0.6) is 0 Å². The van der Waals surface area contributed by atoms with Crippen molar-refractivity contribution in [3.8, 4) is 0 Å². The molecule has 0 atom stereocenters. The smallest absolute Gasteiger partial charge is 0.193 e. The predicted molar refractivity (Wildman–Crippen MR) is 90.0 cm³/mol. The minimum Gasteiger partial charge on any atom is -0.384 e. The Labute approximate surface area is 140 Å². The summed E-state index contributed by atoms with van der Waals surface area (Å²) in [6.45, 7) is 1.16. The fourth-order valence-electron chi connectivity index (χ4n) is 2.35. The molecule has 4 nitrogen and oxygen atoms in total. The predicted octanol–water partition coefficient (Wildman–Crippen LogP) is 3.13. The third-order valence-electron chi connectivity index (χ3n) is 3.64. The normalized spacial score (nSPS) is 16.8. The highest BCUT2D eigenvalue weighted by Gasteiger charge is 2.36. The van der Waals surface area contributed by atoms with Crippen molar-refractivity contribution in [1.29, 1.82) is 0 Å². The second-order valence-electron chi connectivity index (χ2n) is 5.24. The first-order chi connectivity index (χ1) is 9.54. The molecular formula is C14H20F2IN3O. The zero-order chi connectivity index (χ0) is 14.6. The topological polar surface area (TPSA) is 59.6 Å². The first-order valence-electron chi connectivity index (χ1n) is 6.56. The molecule has 0 heterocycles. The van der Waals surface area contributed by atoms with E-state index < -0.39 is 11.6 Å². The van der Waals surface area contributed by atoms with Crippen molar-refractivity contribution < 1.29 is 13.5 Å². The Morgan fingerprint density at radius 3 is 2.71 bits per heavy atom. The molecule has 0 bridgehead atoms. The van der Waals surface area contributed by atoms with Crippen LogP contribution in [0.4, 0.5) is 14.5 Å². The van der Waals surface area contributed by atoms with Crippen LogP contribution >= 0.6 is 24.0 Å². The SMILES string of the molecule is COCC1(CN=C(N)Nc2cc(F)ccc2F)CCC1.I. The van der Waals surface area contributed by atoms with Gasteiger partial charge in [-0.3, -0.25) is 4.99 Å². The molecule has 0 saturated heterocycles. The summed E-state index contributed by atoms with van der Waals surface area (Å²) in [7, 11) is 1.66. The number of halogens is 3. The zero-order valence-electron chi connectivity index (χ0n) is 11.9. The number of anilines is 1. The number of hydrogen-bond donors (Lipinski definition) is 2. The summed E-state index contributed by atoms with van der Waals surface area (Å²) in [6, 6.07) is 3.14. The van der Waals surface area contributed by atoms with E-state index in [1.165, 1.54) is 0 Å². The molecule has 3 N–H and O–H groups in total. The standard InChI is InChI=1S/C14H19F2N3O.HI/c1-20-9-14(5-2-6-14)8-18-13(17)19-12-7-10(15)3-4-11(12)16;/h3-4,7H,2,5-6,8-9H2,1H3,(H3,17,18,19);1H. The minimum absolute atomic E-state index is 0. The van der Waals surface area contributed by atoms with Crippen molar-refractivity contribution in [1.82, 2.24) is 0 Å². The van der Waals surface area contributed by atoms with Crippen LogP contribution in [0.1, 0.15) is 19.3 Å². The van der Waals surface area contributed by atoms with Crippen LogP contribution in [0.15, 0.2) is 23.2 Å². The van der Waals surface area contributed by atoms with Gasteiger partial charge in [0.05, 0.1) is 18.8 Å². The highest BCUT2D eigenvalue weighted by molar-refractivity contribution is 14.0. The van der Waals surface area contributed by atoms with Crippen molar-refractivity contribution in [2.24, 2.45) is 16.1 Å². The number of nitrogens with zero attached hydrogens (tertiary/aromatic N) is 1. The molecule has 118 valence electrons. The molecule has 0 spiro atoms. The van der Waals surface area contributed by atoms with E-state index in [-0.39, 0.29) is 41.0 Å². The fourth-order valence-corrected chi connectivity index (χ4v) is 2.35. The molecule has 0 aliphatic heterocycles. The Kier molecular flexibility index (Phi) is 6.79. The lowest BCUT2D eigenvalue weighted by Crippen LogP contribution is -2.38. The van der Waals surface area contributed by atoms with Gasteiger partial charge in [-0.15, -0.1) is 24.0 Å². The van der Waals surface area contributed by atoms with E-state index in [1.807, 2.05) is 0 Å². The van der Waals surface area contributed by atoms with Crippen LogP contribution in [0.3, 0.4) is 0 Å². The van der Waals surface area contributed by atoms with E-state index in [9.17, 15) is 8.78 Å². The summed E-state index contributed by atoms with van der Waals surface area (Å²) in [5.41, 5.74) is 5.75. The number of nitrogens with one attached hydrogen (secondary N) is 1. The molecule has 0 amide bonds. The molecule has 7 heteroatoms. The summed E-state index contributed by atoms with van der Waals surface area (Å²) in [6.07, 6.45) is 3.25. The van der Waals surface area contributed by atoms with Crippen LogP contribution in [0.2, 0.25) is 0 Å². The second-order valence-corrected chi connectivity index (χ2v) is 5.24. The third-order valence-corrected chi connectivity index (χ3v) is 3.64. The van der Waals surface area contributed by atoms with Crippen LogP contribution in [0, 0.1) is 17.0 Å². The highest BCUT2D eigenvalue weighted by atomic mass is 127. The summed E-state index contributed by atoms with van der Waals surface area (Å²) in [4.78, 5) is 4.22. The van der Waals surface area contributed by atoms with Crippen molar-refractivity contribution in [3.63, 3.8) is 0 Å². The number of methoxy groups -OCH3 is 1. The molecule has 21 heavy (non-hydrogen) atoms. The van der Waals surface area contributed by atoms with Gasteiger partial charge in [0.15, 0.2) is 5.96 Å². The monoisotopic (exact) mass is 411 g/mol. The van der Waals surface area contributed by atoms with Gasteiger partial charge in [-0.1, -0.05) is 6.42 Å². The van der Waals surface area contributed by atoms with E-state index in [4.69, 9.17) is 10.5 Å². The number of aliphatic imine (C=N–C) groups is 1. The lowest BCUT2D eigenvalue weighted by Gasteiger charge is -2.40. The van der Waals surface area contributed by atoms with Gasteiger partial charge < -0.3 is 15.8 Å². The van der Waals surface area contributed by atoms with Crippen LogP contribution in [-0.2, 0) is 4.74 Å². The second kappa shape index (κ2) is 7.88. The van der Waals surface area contributed by atoms with E-state index in [0.717, 1.165) is 37.5 Å². The van der Waals surface area contributed by atoms with Crippen molar-refractivity contribution >= 4 is 35.6 Å². The van der Waals surface area contributed by atoms with Crippen molar-refractivity contribution in [3.05, 3.63) is 29.8 Å². The Morgan fingerprint density at radius 2 is 2.14 bits per heavy atom. The summed E-state index contributed by atoms with van der Waals surface area (Å²) in [5.74, 6) is -1.02. The van der Waals surface area contributed by atoms with E-state index in [2.05, 4.69) is 10.3 Å². The summed E-state index contributed by atoms with van der Waals surface area (Å²) < 4.78 is 31.7. The average molecular weight is 411 g/mol. The maximum absolute atomic E-state index is 13.4. The molecule has 1 aliphatic rings. The molecule has 1 aromatic carbocycles. The lowest BCUT2D eigenvalue weighted by molar-refractivity contribution is 0.0253. The molecule has 1 aliphatic carbocycles. The minimum atomic E-state index is -0.570. The number of ether oxygens (including phenoxy) is 1. The van der Waals surface area contributed by atoms with Gasteiger partial charge in [-0.05, 0) is 25.0 Å². The Bertz CT molecular complexity index is 507. The van der Waals surface area contributed by atoms with Crippen LogP contribution < -0.4 is 11.1 Å². The number of benzene rings is 1. The Hall–Kier alpha value is -0.960. The number of guanidine groups is 1. The summed E-state index contributed by atoms with van der Waals surface area (Å²) >= 11 is 0. The van der Waals surface area contributed by atoms with E-state index in [1.54, 1.807) is 7.11 Å². The molecular weight excluding hydrogens is 391 g/mol. The van der Waals surface area contributed by atoms with Gasteiger partial charge in [0.1, 0.15) is 11.6 Å². The van der Waals surface area contributed by atoms with E-state index >= 15 is 0 Å². The first kappa shape index (κ1) is 18.1. The molecule has 0 unspecified atom stereocenters. The first-order valence-corrected chi connectivity index (χ1v) is 6.56.